The van der Waals surface area contributed by atoms with Crippen molar-refractivity contribution in [2.45, 2.75) is 0 Å². The van der Waals surface area contributed by atoms with E-state index in [2.05, 4.69) is 24.3 Å². The second-order valence-electron chi connectivity index (χ2n) is 3.15. The molecule has 1 nitrogen and oxygen atoms in total. The number of hydrogen-bond donors (Lipinski definition) is 0. The number of benzene rings is 2. The average Bonchev–Trinajstić information content (AvgIpc) is 2.33. The van der Waals surface area contributed by atoms with Gasteiger partial charge in [0.1, 0.15) is 0 Å². The fourth-order valence-electron chi connectivity index (χ4n) is 1.49. The fraction of sp³-hybridized carbons (Fsp3) is 0.0769. The van der Waals surface area contributed by atoms with Gasteiger partial charge in [-0.05, 0) is 0 Å². The first-order valence-electron chi connectivity index (χ1n) is 4.86. The van der Waals surface area contributed by atoms with Crippen molar-refractivity contribution in [1.29, 1.82) is 0 Å². The molecule has 2 aromatic carbocycles. The van der Waals surface area contributed by atoms with Crippen LogP contribution in [0, 0.1) is 0 Å². The molecule has 0 heterocycles. The average molecular weight is 224 g/mol. The topological polar surface area (TPSA) is 9.23 Å². The Balaban J connectivity index is 0.00000128. The molecule has 0 saturated carbocycles. The van der Waals surface area contributed by atoms with Crippen molar-refractivity contribution in [3.8, 4) is 0 Å². The maximum absolute atomic E-state index is 5.59. The Hall–Kier alpha value is -0.573. The molecule has 0 amide bonds. The van der Waals surface area contributed by atoms with Crippen LogP contribution in [-0.2, 0) is 4.52 Å². The van der Waals surface area contributed by atoms with Crippen molar-refractivity contribution in [2.75, 3.05) is 7.11 Å². The summed E-state index contributed by atoms with van der Waals surface area (Å²) in [6.07, 6.45) is 0. The third kappa shape index (κ3) is 3.21. The second-order valence-corrected chi connectivity index (χ2v) is 5.13. The quantitative estimate of drug-likeness (QED) is 0.572. The van der Waals surface area contributed by atoms with Crippen LogP contribution < -0.4 is 10.6 Å². The van der Waals surface area contributed by atoms with Crippen LogP contribution in [-0.4, -0.2) is 26.0 Å². The first kappa shape index (κ1) is 13.5. The van der Waals surface area contributed by atoms with E-state index in [9.17, 15) is 0 Å². The van der Waals surface area contributed by atoms with Crippen molar-refractivity contribution in [2.24, 2.45) is 0 Å². The molecule has 0 unspecified atom stereocenters. The Labute approximate surface area is 110 Å². The zero-order valence-corrected chi connectivity index (χ0v) is 9.52. The third-order valence-corrected chi connectivity index (χ3v) is 4.06. The molecular formula is C13H14LiOP. The molecule has 16 heavy (non-hydrogen) atoms. The Morgan fingerprint density at radius 2 is 1.12 bits per heavy atom. The molecule has 0 aliphatic rings. The van der Waals surface area contributed by atoms with Crippen molar-refractivity contribution < 1.29 is 4.52 Å². The Bertz CT molecular complexity index is 365. The van der Waals surface area contributed by atoms with Gasteiger partial charge in [0.05, 0.1) is 8.15 Å². The van der Waals surface area contributed by atoms with Gasteiger partial charge in [-0.15, -0.1) is 0 Å². The summed E-state index contributed by atoms with van der Waals surface area (Å²) < 4.78 is 5.59. The predicted octanol–water partition coefficient (Wildman–Crippen LogP) is 2.03. The minimum atomic E-state index is -0.649. The zero-order valence-electron chi connectivity index (χ0n) is 8.63. The van der Waals surface area contributed by atoms with Crippen molar-refractivity contribution >= 4 is 37.6 Å². The second kappa shape index (κ2) is 6.89. The van der Waals surface area contributed by atoms with Gasteiger partial charge in [0.15, 0.2) is 0 Å². The van der Waals surface area contributed by atoms with Gasteiger partial charge in [0, 0.05) is 17.7 Å². The van der Waals surface area contributed by atoms with Crippen LogP contribution in [0.4, 0.5) is 0 Å². The van der Waals surface area contributed by atoms with E-state index in [-0.39, 0.29) is 18.9 Å². The van der Waals surface area contributed by atoms with Crippen LogP contribution in [0.5, 0.6) is 0 Å². The van der Waals surface area contributed by atoms with Crippen LogP contribution >= 0.6 is 8.15 Å². The van der Waals surface area contributed by atoms with E-state index in [1.54, 1.807) is 7.11 Å². The molecule has 0 N–H and O–H groups in total. The van der Waals surface area contributed by atoms with Crippen LogP contribution in [0.2, 0.25) is 0 Å². The number of hydrogen-bond acceptors (Lipinski definition) is 1. The molecule has 2 rings (SSSR count). The molecule has 0 bridgehead atoms. The summed E-state index contributed by atoms with van der Waals surface area (Å²) in [4.78, 5) is 0. The van der Waals surface area contributed by atoms with Gasteiger partial charge in [-0.25, -0.2) is 0 Å². The summed E-state index contributed by atoms with van der Waals surface area (Å²) >= 11 is 0. The van der Waals surface area contributed by atoms with E-state index in [1.807, 2.05) is 36.4 Å². The summed E-state index contributed by atoms with van der Waals surface area (Å²) in [5.41, 5.74) is 0. The van der Waals surface area contributed by atoms with Crippen LogP contribution in [0.15, 0.2) is 60.7 Å². The third-order valence-electron chi connectivity index (χ3n) is 2.16. The molecule has 0 aliphatic heterocycles. The van der Waals surface area contributed by atoms with E-state index >= 15 is 0 Å². The van der Waals surface area contributed by atoms with Gasteiger partial charge in [-0.2, -0.15) is 0 Å². The fourth-order valence-corrected chi connectivity index (χ4v) is 3.09. The molecule has 0 fully saturated rings. The Morgan fingerprint density at radius 3 is 1.44 bits per heavy atom. The maximum atomic E-state index is 5.59. The molecule has 0 aromatic heterocycles. The normalized spacial score (nSPS) is 9.88. The van der Waals surface area contributed by atoms with Gasteiger partial charge >= 0.3 is 18.9 Å². The predicted molar refractivity (Wildman–Crippen MR) is 73.2 cm³/mol. The molecule has 2 aromatic rings. The summed E-state index contributed by atoms with van der Waals surface area (Å²) in [5, 5.41) is 2.50. The summed E-state index contributed by atoms with van der Waals surface area (Å²) in [6, 6.07) is 20.7. The first-order valence-corrected chi connectivity index (χ1v) is 6.12. The Morgan fingerprint density at radius 1 is 0.750 bits per heavy atom. The monoisotopic (exact) mass is 224 g/mol. The molecule has 78 valence electrons. The SMILES string of the molecule is COP(c1ccccc1)c1ccccc1.[LiH]. The van der Waals surface area contributed by atoms with Gasteiger partial charge in [-0.1, -0.05) is 60.7 Å². The van der Waals surface area contributed by atoms with E-state index in [0.717, 1.165) is 0 Å². The van der Waals surface area contributed by atoms with Gasteiger partial charge < -0.3 is 4.52 Å². The summed E-state index contributed by atoms with van der Waals surface area (Å²) in [5.74, 6) is 0. The van der Waals surface area contributed by atoms with E-state index in [4.69, 9.17) is 4.52 Å². The summed E-state index contributed by atoms with van der Waals surface area (Å²) in [6.45, 7) is 0. The molecule has 3 heteroatoms. The van der Waals surface area contributed by atoms with E-state index in [1.165, 1.54) is 10.6 Å². The van der Waals surface area contributed by atoms with Crippen molar-refractivity contribution in [1.82, 2.24) is 0 Å². The van der Waals surface area contributed by atoms with Crippen LogP contribution in [0.3, 0.4) is 0 Å². The molecule has 0 radical (unpaired) electrons. The molecule has 0 spiro atoms. The zero-order chi connectivity index (χ0) is 10.5. The van der Waals surface area contributed by atoms with Crippen molar-refractivity contribution in [3.05, 3.63) is 60.7 Å². The molecular weight excluding hydrogens is 210 g/mol. The Kier molecular flexibility index (Phi) is 5.81. The van der Waals surface area contributed by atoms with Crippen molar-refractivity contribution in [3.63, 3.8) is 0 Å². The van der Waals surface area contributed by atoms with Gasteiger partial charge in [0.25, 0.3) is 0 Å². The standard InChI is InChI=1S/C13H13OP.Li.H/c1-14-15(12-8-4-2-5-9-12)13-10-6-3-7-11-13;;/h2-11H,1H3;;. The van der Waals surface area contributed by atoms with Gasteiger partial charge in [0.2, 0.25) is 0 Å². The molecule has 0 aliphatic carbocycles. The van der Waals surface area contributed by atoms with Crippen LogP contribution in [0.1, 0.15) is 0 Å². The molecule has 0 saturated heterocycles. The summed E-state index contributed by atoms with van der Waals surface area (Å²) in [7, 11) is 1.12. The van der Waals surface area contributed by atoms with E-state index in [0.29, 0.717) is 0 Å². The minimum absolute atomic E-state index is 0. The van der Waals surface area contributed by atoms with E-state index < -0.39 is 8.15 Å². The molecule has 0 atom stereocenters. The van der Waals surface area contributed by atoms with Crippen LogP contribution in [0.25, 0.3) is 0 Å². The van der Waals surface area contributed by atoms with Gasteiger partial charge in [-0.3, -0.25) is 0 Å². The first-order chi connectivity index (χ1) is 7.42. The number of rotatable bonds is 3.